The van der Waals surface area contributed by atoms with Gasteiger partial charge in [0.05, 0.1) is 6.10 Å². The van der Waals surface area contributed by atoms with E-state index in [-0.39, 0.29) is 6.10 Å². The molecule has 0 aliphatic rings. The Balaban J connectivity index is 3.23. The van der Waals surface area contributed by atoms with E-state index in [1.807, 2.05) is 0 Å². The highest BCUT2D eigenvalue weighted by Crippen LogP contribution is 2.15. The molecule has 1 unspecified atom stereocenters. The van der Waals surface area contributed by atoms with Crippen molar-refractivity contribution < 1.29 is 5.11 Å². The fourth-order valence-corrected chi connectivity index (χ4v) is 4.20. The maximum atomic E-state index is 10.2. The van der Waals surface area contributed by atoms with Crippen molar-refractivity contribution >= 4 is 0 Å². The molecule has 0 saturated heterocycles. The summed E-state index contributed by atoms with van der Waals surface area (Å²) in [7, 11) is 0. The Hall–Kier alpha value is -0.560. The first kappa shape index (κ1) is 30.4. The Morgan fingerprint density at radius 3 is 1.29 bits per heavy atom. The second-order valence-corrected chi connectivity index (χ2v) is 9.64. The number of hydrogen-bond donors (Lipinski definition) is 1. The van der Waals surface area contributed by atoms with Gasteiger partial charge in [-0.05, 0) is 44.9 Å². The molecule has 0 aliphatic carbocycles. The summed E-state index contributed by atoms with van der Waals surface area (Å²) >= 11 is 0. The second-order valence-electron chi connectivity index (χ2n) is 9.64. The zero-order valence-corrected chi connectivity index (χ0v) is 21.6. The molecule has 0 aliphatic heterocycles. The summed E-state index contributed by atoms with van der Waals surface area (Å²) in [6.45, 7) is 4.54. The van der Waals surface area contributed by atoms with Crippen LogP contribution in [-0.4, -0.2) is 11.2 Å². The van der Waals surface area contributed by atoms with Crippen LogP contribution in [0.25, 0.3) is 0 Å². The van der Waals surface area contributed by atoms with Gasteiger partial charge >= 0.3 is 0 Å². The number of aliphatic hydroxyl groups excluding tert-OH is 1. The van der Waals surface area contributed by atoms with Gasteiger partial charge < -0.3 is 5.11 Å². The van der Waals surface area contributed by atoms with Crippen molar-refractivity contribution in [1.29, 1.82) is 0 Å². The fourth-order valence-electron chi connectivity index (χ4n) is 4.20. The van der Waals surface area contributed by atoms with Crippen LogP contribution in [0.15, 0.2) is 24.3 Å². The van der Waals surface area contributed by atoms with E-state index in [1.54, 1.807) is 0 Å². The molecule has 0 aromatic carbocycles. The van der Waals surface area contributed by atoms with Crippen LogP contribution in [0.5, 0.6) is 0 Å². The van der Waals surface area contributed by atoms with Crippen molar-refractivity contribution in [1.82, 2.24) is 0 Å². The summed E-state index contributed by atoms with van der Waals surface area (Å²) in [5.74, 6) is 0. The van der Waals surface area contributed by atoms with E-state index in [2.05, 4.69) is 38.2 Å². The first-order chi connectivity index (χ1) is 15.3. The number of aliphatic hydroxyl groups is 1. The Bertz CT molecular complexity index is 371. The van der Waals surface area contributed by atoms with E-state index in [0.29, 0.717) is 0 Å². The van der Waals surface area contributed by atoms with Crippen molar-refractivity contribution in [2.75, 3.05) is 0 Å². The van der Waals surface area contributed by atoms with Crippen molar-refractivity contribution in [3.05, 3.63) is 24.3 Å². The van der Waals surface area contributed by atoms with E-state index in [4.69, 9.17) is 0 Å². The minimum absolute atomic E-state index is 0.0491. The average molecular weight is 435 g/mol. The minimum atomic E-state index is -0.0491. The molecule has 0 fully saturated rings. The van der Waals surface area contributed by atoms with Gasteiger partial charge in [-0.25, -0.2) is 0 Å². The van der Waals surface area contributed by atoms with Crippen LogP contribution in [0.2, 0.25) is 0 Å². The Kier molecular flexibility index (Phi) is 27.0. The van der Waals surface area contributed by atoms with E-state index in [9.17, 15) is 5.11 Å². The van der Waals surface area contributed by atoms with Crippen molar-refractivity contribution in [2.24, 2.45) is 0 Å². The van der Waals surface area contributed by atoms with Crippen LogP contribution in [0, 0.1) is 0 Å². The molecular formula is C30H58O. The standard InChI is InChI=1S/C30H58O/c1-3-5-7-9-11-13-15-16-17-18-19-21-23-25-27-29-30(31)28-26-24-22-20-14-12-10-8-6-4-2/h11,13,16-17,30-31H,3-10,12,14-15,18-29H2,1-2H3. The van der Waals surface area contributed by atoms with Gasteiger partial charge in [-0.3, -0.25) is 0 Å². The van der Waals surface area contributed by atoms with Crippen molar-refractivity contribution in [2.45, 2.75) is 168 Å². The third-order valence-electron chi connectivity index (χ3n) is 6.38. The highest BCUT2D eigenvalue weighted by Gasteiger charge is 2.03. The van der Waals surface area contributed by atoms with Crippen LogP contribution >= 0.6 is 0 Å². The number of unbranched alkanes of at least 4 members (excludes halogenated alkanes) is 17. The van der Waals surface area contributed by atoms with Gasteiger partial charge in [0.2, 0.25) is 0 Å². The summed E-state index contributed by atoms with van der Waals surface area (Å²) in [5, 5.41) is 10.2. The van der Waals surface area contributed by atoms with E-state index in [1.165, 1.54) is 128 Å². The predicted octanol–water partition coefficient (Wildman–Crippen LogP) is 10.5. The van der Waals surface area contributed by atoms with E-state index >= 15 is 0 Å². The Morgan fingerprint density at radius 1 is 0.452 bits per heavy atom. The highest BCUT2D eigenvalue weighted by molar-refractivity contribution is 4.92. The average Bonchev–Trinajstić information content (AvgIpc) is 2.77. The number of allylic oxidation sites excluding steroid dienone is 4. The molecule has 1 atom stereocenters. The van der Waals surface area contributed by atoms with E-state index < -0.39 is 0 Å². The van der Waals surface area contributed by atoms with Crippen molar-refractivity contribution in [3.8, 4) is 0 Å². The quantitative estimate of drug-likeness (QED) is 0.112. The molecule has 0 amide bonds. The molecule has 0 spiro atoms. The molecule has 0 aromatic heterocycles. The molecule has 0 aromatic rings. The van der Waals surface area contributed by atoms with Crippen LogP contribution in [0.1, 0.15) is 162 Å². The van der Waals surface area contributed by atoms with Gasteiger partial charge in [-0.15, -0.1) is 0 Å². The number of rotatable bonds is 25. The van der Waals surface area contributed by atoms with Gasteiger partial charge in [0, 0.05) is 0 Å². The molecule has 0 bridgehead atoms. The van der Waals surface area contributed by atoms with Gasteiger partial charge in [0.25, 0.3) is 0 Å². The van der Waals surface area contributed by atoms with Crippen LogP contribution in [0.3, 0.4) is 0 Å². The van der Waals surface area contributed by atoms with E-state index in [0.717, 1.165) is 19.3 Å². The smallest absolute Gasteiger partial charge is 0.0540 e. The predicted molar refractivity (Wildman–Crippen MR) is 142 cm³/mol. The van der Waals surface area contributed by atoms with Gasteiger partial charge in [-0.2, -0.15) is 0 Å². The summed E-state index contributed by atoms with van der Waals surface area (Å²) in [6, 6.07) is 0. The Morgan fingerprint density at radius 2 is 0.806 bits per heavy atom. The topological polar surface area (TPSA) is 20.2 Å². The fraction of sp³-hybridized carbons (Fsp3) is 0.867. The normalized spacial score (nSPS) is 13.0. The summed E-state index contributed by atoms with van der Waals surface area (Å²) < 4.78 is 0. The highest BCUT2D eigenvalue weighted by atomic mass is 16.3. The second kappa shape index (κ2) is 27.5. The van der Waals surface area contributed by atoms with Gasteiger partial charge in [0.15, 0.2) is 0 Å². The summed E-state index contributed by atoms with van der Waals surface area (Å²) in [5.41, 5.74) is 0. The Labute approximate surface area is 197 Å². The van der Waals surface area contributed by atoms with Crippen LogP contribution < -0.4 is 0 Å². The summed E-state index contributed by atoms with van der Waals surface area (Å²) in [6.07, 6.45) is 39.1. The van der Waals surface area contributed by atoms with Crippen LogP contribution in [-0.2, 0) is 0 Å². The summed E-state index contributed by atoms with van der Waals surface area (Å²) in [4.78, 5) is 0. The van der Waals surface area contributed by atoms with Crippen molar-refractivity contribution in [3.63, 3.8) is 0 Å². The lowest BCUT2D eigenvalue weighted by molar-refractivity contribution is 0.147. The zero-order valence-electron chi connectivity index (χ0n) is 21.6. The van der Waals surface area contributed by atoms with Gasteiger partial charge in [0.1, 0.15) is 0 Å². The molecular weight excluding hydrogens is 376 g/mol. The SMILES string of the molecule is CCCCCC=CCC=CCCCCCCCC(O)CCCCCCCCCCCC. The first-order valence-corrected chi connectivity index (χ1v) is 14.3. The lowest BCUT2D eigenvalue weighted by Gasteiger charge is -2.10. The monoisotopic (exact) mass is 434 g/mol. The number of hydrogen-bond acceptors (Lipinski definition) is 1. The molecule has 31 heavy (non-hydrogen) atoms. The molecule has 0 saturated carbocycles. The third kappa shape index (κ3) is 27.4. The lowest BCUT2D eigenvalue weighted by atomic mass is 10.0. The largest absolute Gasteiger partial charge is 0.393 e. The maximum Gasteiger partial charge on any atom is 0.0540 e. The molecule has 0 heterocycles. The molecule has 184 valence electrons. The molecule has 1 N–H and O–H groups in total. The first-order valence-electron chi connectivity index (χ1n) is 14.3. The lowest BCUT2D eigenvalue weighted by Crippen LogP contribution is -2.05. The molecule has 1 heteroatoms. The molecule has 0 radical (unpaired) electrons. The maximum absolute atomic E-state index is 10.2. The van der Waals surface area contributed by atoms with Gasteiger partial charge in [-0.1, -0.05) is 141 Å². The molecule has 1 nitrogen and oxygen atoms in total. The van der Waals surface area contributed by atoms with Crippen LogP contribution in [0.4, 0.5) is 0 Å². The third-order valence-corrected chi connectivity index (χ3v) is 6.38. The molecule has 0 rings (SSSR count). The zero-order chi connectivity index (χ0) is 22.7. The minimum Gasteiger partial charge on any atom is -0.393 e.